The van der Waals surface area contributed by atoms with Crippen molar-refractivity contribution < 1.29 is 9.47 Å². The summed E-state index contributed by atoms with van der Waals surface area (Å²) in [5.41, 5.74) is 9.27. The van der Waals surface area contributed by atoms with Gasteiger partial charge in [-0.3, -0.25) is 4.98 Å². The topological polar surface area (TPSA) is 60.6 Å². The van der Waals surface area contributed by atoms with E-state index in [9.17, 15) is 0 Å². The highest BCUT2D eigenvalue weighted by atomic mass is 16.6. The van der Waals surface area contributed by atoms with Crippen LogP contribution in [0.4, 0.5) is 5.69 Å². The van der Waals surface area contributed by atoms with Crippen molar-refractivity contribution in [3.8, 4) is 11.5 Å². The molecular weight excluding hydrogens is 362 g/mol. The summed E-state index contributed by atoms with van der Waals surface area (Å²) < 4.78 is 11.7. The SMILES string of the molecule is C[C@H](CC(C)(C)c1ncccc1N)N1CCC(c2cccc3c2OCCO3)CC1. The number of rotatable bonds is 5. The first-order valence-corrected chi connectivity index (χ1v) is 10.8. The third-order valence-electron chi connectivity index (χ3n) is 6.48. The third-order valence-corrected chi connectivity index (χ3v) is 6.48. The maximum atomic E-state index is 6.20. The van der Waals surface area contributed by atoms with E-state index in [-0.39, 0.29) is 5.41 Å². The largest absolute Gasteiger partial charge is 0.486 e. The van der Waals surface area contributed by atoms with E-state index in [2.05, 4.69) is 42.8 Å². The zero-order valence-electron chi connectivity index (χ0n) is 17.9. The molecule has 29 heavy (non-hydrogen) atoms. The van der Waals surface area contributed by atoms with Gasteiger partial charge in [0.15, 0.2) is 11.5 Å². The lowest BCUT2D eigenvalue weighted by Gasteiger charge is -2.39. The van der Waals surface area contributed by atoms with Crippen LogP contribution in [0.5, 0.6) is 11.5 Å². The van der Waals surface area contributed by atoms with Crippen molar-refractivity contribution in [3.05, 3.63) is 47.8 Å². The number of piperidine rings is 1. The number of nitrogens with zero attached hydrogens (tertiary/aromatic N) is 2. The summed E-state index contributed by atoms with van der Waals surface area (Å²) in [5.74, 6) is 2.41. The number of nitrogen functional groups attached to an aromatic ring is 1. The van der Waals surface area contributed by atoms with Gasteiger partial charge in [0.1, 0.15) is 13.2 Å². The fourth-order valence-electron chi connectivity index (χ4n) is 5.02. The number of pyridine rings is 1. The average Bonchev–Trinajstić information content (AvgIpc) is 2.73. The van der Waals surface area contributed by atoms with Gasteiger partial charge in [-0.05, 0) is 63.4 Å². The number of hydrogen-bond acceptors (Lipinski definition) is 5. The van der Waals surface area contributed by atoms with Crippen molar-refractivity contribution in [1.29, 1.82) is 0 Å². The van der Waals surface area contributed by atoms with Gasteiger partial charge in [-0.15, -0.1) is 0 Å². The summed E-state index contributed by atoms with van der Waals surface area (Å²) in [7, 11) is 0. The number of fused-ring (bicyclic) bond motifs is 1. The average molecular weight is 396 g/mol. The van der Waals surface area contributed by atoms with Crippen LogP contribution in [0.2, 0.25) is 0 Å². The van der Waals surface area contributed by atoms with Gasteiger partial charge in [0.25, 0.3) is 0 Å². The second kappa shape index (κ2) is 8.23. The number of hydrogen-bond donors (Lipinski definition) is 1. The molecule has 0 saturated carbocycles. The lowest BCUT2D eigenvalue weighted by atomic mass is 9.80. The monoisotopic (exact) mass is 395 g/mol. The molecule has 0 radical (unpaired) electrons. The van der Waals surface area contributed by atoms with Gasteiger partial charge in [-0.25, -0.2) is 0 Å². The Bertz CT molecular complexity index is 844. The highest BCUT2D eigenvalue weighted by Gasteiger charge is 2.32. The summed E-state index contributed by atoms with van der Waals surface area (Å²) in [5, 5.41) is 0. The number of ether oxygens (including phenoxy) is 2. The van der Waals surface area contributed by atoms with Crippen LogP contribution in [0.1, 0.15) is 57.2 Å². The molecule has 2 aromatic rings. The summed E-state index contributed by atoms with van der Waals surface area (Å²) in [6.07, 6.45) is 5.18. The highest BCUT2D eigenvalue weighted by molar-refractivity contribution is 5.49. The van der Waals surface area contributed by atoms with E-state index in [1.807, 2.05) is 24.4 Å². The van der Waals surface area contributed by atoms with Crippen LogP contribution >= 0.6 is 0 Å². The number of nitrogens with two attached hydrogens (primary N) is 1. The molecule has 2 N–H and O–H groups in total. The van der Waals surface area contributed by atoms with Crippen molar-refractivity contribution in [2.75, 3.05) is 32.0 Å². The van der Waals surface area contributed by atoms with Crippen LogP contribution in [0.3, 0.4) is 0 Å². The van der Waals surface area contributed by atoms with E-state index in [1.165, 1.54) is 5.56 Å². The maximum Gasteiger partial charge on any atom is 0.164 e. The van der Waals surface area contributed by atoms with E-state index in [1.54, 1.807) is 0 Å². The fraction of sp³-hybridized carbons (Fsp3) is 0.542. The normalized spacial score (nSPS) is 19.1. The molecule has 4 rings (SSSR count). The molecule has 1 aromatic heterocycles. The molecule has 1 fully saturated rings. The summed E-state index contributed by atoms with van der Waals surface area (Å²) in [6.45, 7) is 10.3. The lowest BCUT2D eigenvalue weighted by Crippen LogP contribution is -2.42. The molecule has 5 heteroatoms. The molecule has 0 amide bonds. The molecule has 0 unspecified atom stereocenters. The second-order valence-corrected chi connectivity index (χ2v) is 9.06. The predicted molar refractivity (Wildman–Crippen MR) is 117 cm³/mol. The molecule has 1 saturated heterocycles. The Balaban J connectivity index is 1.39. The number of aromatic nitrogens is 1. The highest BCUT2D eigenvalue weighted by Crippen LogP contribution is 2.42. The quantitative estimate of drug-likeness (QED) is 0.814. The maximum absolute atomic E-state index is 6.20. The number of likely N-dealkylation sites (tertiary alicyclic amines) is 1. The zero-order chi connectivity index (χ0) is 20.4. The van der Waals surface area contributed by atoms with Crippen LogP contribution in [0.15, 0.2) is 36.5 Å². The Hall–Kier alpha value is -2.27. The molecule has 0 spiro atoms. The van der Waals surface area contributed by atoms with Gasteiger partial charge in [0.2, 0.25) is 0 Å². The molecule has 5 nitrogen and oxygen atoms in total. The summed E-state index contributed by atoms with van der Waals surface area (Å²) >= 11 is 0. The smallest absolute Gasteiger partial charge is 0.164 e. The van der Waals surface area contributed by atoms with Gasteiger partial charge in [0, 0.05) is 23.2 Å². The second-order valence-electron chi connectivity index (χ2n) is 9.06. The van der Waals surface area contributed by atoms with Gasteiger partial charge >= 0.3 is 0 Å². The Morgan fingerprint density at radius 3 is 2.66 bits per heavy atom. The molecule has 156 valence electrons. The molecule has 2 aliphatic heterocycles. The van der Waals surface area contributed by atoms with Crippen LogP contribution in [0, 0.1) is 0 Å². The fourth-order valence-corrected chi connectivity index (χ4v) is 5.02. The van der Waals surface area contributed by atoms with Crippen LogP contribution in [0.25, 0.3) is 0 Å². The minimum absolute atomic E-state index is 0.0503. The van der Waals surface area contributed by atoms with E-state index in [4.69, 9.17) is 15.2 Å². The summed E-state index contributed by atoms with van der Waals surface area (Å²) in [6, 6.07) is 10.7. The Kier molecular flexibility index (Phi) is 5.68. The van der Waals surface area contributed by atoms with Gasteiger partial charge in [0.05, 0.1) is 11.4 Å². The molecular formula is C24H33N3O2. The molecule has 0 bridgehead atoms. The van der Waals surface area contributed by atoms with Crippen molar-refractivity contribution in [2.24, 2.45) is 0 Å². The lowest BCUT2D eigenvalue weighted by molar-refractivity contribution is 0.135. The molecule has 2 aliphatic rings. The molecule has 1 aromatic carbocycles. The van der Waals surface area contributed by atoms with Crippen molar-refractivity contribution in [3.63, 3.8) is 0 Å². The standard InChI is InChI=1S/C24H33N3O2/c1-17(16-24(2,3)23-20(25)7-5-11-26-23)27-12-9-18(10-13-27)19-6-4-8-21-22(19)29-15-14-28-21/h4-8,11,17-18H,9-10,12-16,25H2,1-3H3/t17-/m1/s1. The molecule has 0 aliphatic carbocycles. The van der Waals surface area contributed by atoms with Gasteiger partial charge < -0.3 is 20.1 Å². The van der Waals surface area contributed by atoms with E-state index >= 15 is 0 Å². The first-order valence-electron chi connectivity index (χ1n) is 10.8. The first-order chi connectivity index (χ1) is 14.0. The molecule has 1 atom stereocenters. The number of para-hydroxylation sites is 1. The minimum atomic E-state index is -0.0503. The minimum Gasteiger partial charge on any atom is -0.486 e. The van der Waals surface area contributed by atoms with Crippen LogP contribution < -0.4 is 15.2 Å². The van der Waals surface area contributed by atoms with E-state index in [0.29, 0.717) is 25.2 Å². The van der Waals surface area contributed by atoms with E-state index in [0.717, 1.165) is 55.2 Å². The zero-order valence-corrected chi connectivity index (χ0v) is 17.9. The third kappa shape index (κ3) is 4.20. The van der Waals surface area contributed by atoms with Crippen LogP contribution in [-0.4, -0.2) is 42.2 Å². The molecule has 3 heterocycles. The summed E-state index contributed by atoms with van der Waals surface area (Å²) in [4.78, 5) is 7.19. The Labute approximate surface area is 174 Å². The van der Waals surface area contributed by atoms with Gasteiger partial charge in [-0.2, -0.15) is 0 Å². The van der Waals surface area contributed by atoms with Gasteiger partial charge in [-0.1, -0.05) is 26.0 Å². The van der Waals surface area contributed by atoms with Crippen molar-refractivity contribution in [2.45, 2.75) is 57.4 Å². The van der Waals surface area contributed by atoms with Crippen LogP contribution in [-0.2, 0) is 5.41 Å². The van der Waals surface area contributed by atoms with Crippen molar-refractivity contribution >= 4 is 5.69 Å². The van der Waals surface area contributed by atoms with Crippen molar-refractivity contribution in [1.82, 2.24) is 9.88 Å². The van der Waals surface area contributed by atoms with E-state index < -0.39 is 0 Å². The number of anilines is 1. The Morgan fingerprint density at radius 2 is 1.90 bits per heavy atom. The predicted octanol–water partition coefficient (Wildman–Crippen LogP) is 4.37. The number of benzene rings is 1. The first kappa shape index (κ1) is 20.0. The Morgan fingerprint density at radius 1 is 1.14 bits per heavy atom.